The van der Waals surface area contributed by atoms with Crippen LogP contribution in [0.15, 0.2) is 28.8 Å². The summed E-state index contributed by atoms with van der Waals surface area (Å²) in [7, 11) is 0. The second-order valence-corrected chi connectivity index (χ2v) is 3.93. The van der Waals surface area contributed by atoms with Crippen molar-refractivity contribution in [2.24, 2.45) is 0 Å². The Labute approximate surface area is 106 Å². The summed E-state index contributed by atoms with van der Waals surface area (Å²) in [6.45, 7) is 3.27. The molecule has 0 aliphatic carbocycles. The van der Waals surface area contributed by atoms with E-state index in [0.29, 0.717) is 37.8 Å². The maximum atomic E-state index is 5.86. The minimum atomic E-state index is 0.564. The summed E-state index contributed by atoms with van der Waals surface area (Å²) >= 11 is 0. The molecule has 5 nitrogen and oxygen atoms in total. The fourth-order valence-corrected chi connectivity index (χ4v) is 1.63. The lowest BCUT2D eigenvalue weighted by Crippen LogP contribution is -2.00. The lowest BCUT2D eigenvalue weighted by molar-refractivity contribution is 0.149. The lowest BCUT2D eigenvalue weighted by atomic mass is 10.1. The number of nitrogens with two attached hydrogens (primary N) is 1. The van der Waals surface area contributed by atoms with Crippen LogP contribution in [0.2, 0.25) is 0 Å². The SMILES string of the molecule is CCOCCc1noc(Cc2ccccc2N)n1. The minimum Gasteiger partial charge on any atom is -0.398 e. The highest BCUT2D eigenvalue weighted by atomic mass is 16.5. The molecule has 0 unspecified atom stereocenters. The molecule has 1 aromatic heterocycles. The molecule has 0 radical (unpaired) electrons. The first kappa shape index (κ1) is 12.6. The first-order valence-electron chi connectivity index (χ1n) is 6.02. The van der Waals surface area contributed by atoms with E-state index in [-0.39, 0.29) is 0 Å². The van der Waals surface area contributed by atoms with Crippen LogP contribution >= 0.6 is 0 Å². The summed E-state index contributed by atoms with van der Waals surface area (Å²) in [5.74, 6) is 1.26. The maximum Gasteiger partial charge on any atom is 0.231 e. The third-order valence-electron chi connectivity index (χ3n) is 2.58. The van der Waals surface area contributed by atoms with E-state index < -0.39 is 0 Å². The van der Waals surface area contributed by atoms with Crippen LogP contribution in [-0.4, -0.2) is 23.4 Å². The molecule has 1 aromatic carbocycles. The molecule has 0 aliphatic rings. The summed E-state index contributed by atoms with van der Waals surface area (Å²) in [5, 5.41) is 3.91. The fourth-order valence-electron chi connectivity index (χ4n) is 1.63. The van der Waals surface area contributed by atoms with Crippen molar-refractivity contribution in [1.29, 1.82) is 0 Å². The molecule has 2 rings (SSSR count). The smallest absolute Gasteiger partial charge is 0.231 e. The average Bonchev–Trinajstić information content (AvgIpc) is 2.80. The largest absolute Gasteiger partial charge is 0.398 e. The van der Waals surface area contributed by atoms with E-state index in [1.165, 1.54) is 0 Å². The molecular formula is C13H17N3O2. The van der Waals surface area contributed by atoms with Crippen LogP contribution in [0, 0.1) is 0 Å². The molecule has 18 heavy (non-hydrogen) atoms. The fraction of sp³-hybridized carbons (Fsp3) is 0.385. The highest BCUT2D eigenvalue weighted by molar-refractivity contribution is 5.47. The molecule has 0 aliphatic heterocycles. The monoisotopic (exact) mass is 247 g/mol. The van der Waals surface area contributed by atoms with E-state index in [1.807, 2.05) is 31.2 Å². The second-order valence-electron chi connectivity index (χ2n) is 3.93. The first-order chi connectivity index (χ1) is 8.79. The van der Waals surface area contributed by atoms with Crippen molar-refractivity contribution in [2.75, 3.05) is 18.9 Å². The van der Waals surface area contributed by atoms with Gasteiger partial charge in [0.1, 0.15) is 0 Å². The van der Waals surface area contributed by atoms with Crippen LogP contribution < -0.4 is 5.73 Å². The van der Waals surface area contributed by atoms with Gasteiger partial charge in [-0.1, -0.05) is 23.4 Å². The van der Waals surface area contributed by atoms with E-state index >= 15 is 0 Å². The van der Waals surface area contributed by atoms with Gasteiger partial charge >= 0.3 is 0 Å². The molecule has 2 N–H and O–H groups in total. The van der Waals surface area contributed by atoms with Crippen molar-refractivity contribution < 1.29 is 9.26 Å². The summed E-state index contributed by atoms with van der Waals surface area (Å²) < 4.78 is 10.4. The molecular weight excluding hydrogens is 230 g/mol. The maximum absolute atomic E-state index is 5.86. The Morgan fingerprint density at radius 1 is 1.33 bits per heavy atom. The van der Waals surface area contributed by atoms with Crippen LogP contribution in [0.25, 0.3) is 0 Å². The summed E-state index contributed by atoms with van der Waals surface area (Å²) in [6.07, 6.45) is 1.23. The van der Waals surface area contributed by atoms with E-state index in [9.17, 15) is 0 Å². The molecule has 0 bridgehead atoms. The summed E-state index contributed by atoms with van der Waals surface area (Å²) in [6, 6.07) is 7.67. The Balaban J connectivity index is 1.96. The summed E-state index contributed by atoms with van der Waals surface area (Å²) in [4.78, 5) is 4.31. The van der Waals surface area contributed by atoms with Gasteiger partial charge in [-0.05, 0) is 18.6 Å². The number of hydrogen-bond donors (Lipinski definition) is 1. The zero-order valence-corrected chi connectivity index (χ0v) is 10.4. The number of hydrogen-bond acceptors (Lipinski definition) is 5. The van der Waals surface area contributed by atoms with Crippen molar-refractivity contribution >= 4 is 5.69 Å². The minimum absolute atomic E-state index is 0.564. The predicted octanol–water partition coefficient (Wildman–Crippen LogP) is 1.82. The molecule has 0 amide bonds. The molecule has 0 atom stereocenters. The van der Waals surface area contributed by atoms with Crippen LogP contribution in [0.5, 0.6) is 0 Å². The molecule has 5 heteroatoms. The predicted molar refractivity (Wildman–Crippen MR) is 68.2 cm³/mol. The van der Waals surface area contributed by atoms with Gasteiger partial charge in [0.15, 0.2) is 5.82 Å². The Morgan fingerprint density at radius 3 is 2.94 bits per heavy atom. The standard InChI is InChI=1S/C13H17N3O2/c1-2-17-8-7-12-15-13(18-16-12)9-10-5-3-4-6-11(10)14/h3-6H,2,7-9,14H2,1H3. The number of nitrogens with zero attached hydrogens (tertiary/aromatic N) is 2. The number of aromatic nitrogens is 2. The van der Waals surface area contributed by atoms with Gasteiger partial charge in [-0.15, -0.1) is 0 Å². The number of benzene rings is 1. The Kier molecular flexibility index (Phi) is 4.30. The van der Waals surface area contributed by atoms with Crippen LogP contribution in [0.4, 0.5) is 5.69 Å². The number of ether oxygens (including phenoxy) is 1. The first-order valence-corrected chi connectivity index (χ1v) is 6.02. The highest BCUT2D eigenvalue weighted by Crippen LogP contribution is 2.14. The lowest BCUT2D eigenvalue weighted by Gasteiger charge is -2.00. The molecule has 1 heterocycles. The van der Waals surface area contributed by atoms with Gasteiger partial charge < -0.3 is 15.0 Å². The Hall–Kier alpha value is -1.88. The van der Waals surface area contributed by atoms with Gasteiger partial charge in [0.05, 0.1) is 13.0 Å². The van der Waals surface area contributed by atoms with Crippen molar-refractivity contribution in [3.63, 3.8) is 0 Å². The molecule has 0 spiro atoms. The van der Waals surface area contributed by atoms with Gasteiger partial charge in [0.2, 0.25) is 5.89 Å². The number of rotatable bonds is 6. The zero-order chi connectivity index (χ0) is 12.8. The van der Waals surface area contributed by atoms with Gasteiger partial charge in [0, 0.05) is 18.7 Å². The van der Waals surface area contributed by atoms with Crippen LogP contribution in [0.3, 0.4) is 0 Å². The molecule has 96 valence electrons. The van der Waals surface area contributed by atoms with Gasteiger partial charge in [-0.2, -0.15) is 4.98 Å². The van der Waals surface area contributed by atoms with E-state index in [0.717, 1.165) is 11.3 Å². The molecule has 0 fully saturated rings. The second kappa shape index (κ2) is 6.16. The third kappa shape index (κ3) is 3.30. The van der Waals surface area contributed by atoms with Crippen molar-refractivity contribution in [3.05, 3.63) is 41.5 Å². The van der Waals surface area contributed by atoms with E-state index in [4.69, 9.17) is 15.0 Å². The van der Waals surface area contributed by atoms with Crippen molar-refractivity contribution in [2.45, 2.75) is 19.8 Å². The molecule has 0 saturated heterocycles. The number of nitrogen functional groups attached to an aromatic ring is 1. The van der Waals surface area contributed by atoms with Crippen molar-refractivity contribution in [1.82, 2.24) is 10.1 Å². The highest BCUT2D eigenvalue weighted by Gasteiger charge is 2.08. The average molecular weight is 247 g/mol. The molecule has 2 aromatic rings. The van der Waals surface area contributed by atoms with Gasteiger partial charge in [0.25, 0.3) is 0 Å². The topological polar surface area (TPSA) is 74.2 Å². The Morgan fingerprint density at radius 2 is 2.17 bits per heavy atom. The number of anilines is 1. The van der Waals surface area contributed by atoms with E-state index in [2.05, 4.69) is 10.1 Å². The molecule has 0 saturated carbocycles. The Bertz CT molecular complexity index is 496. The third-order valence-corrected chi connectivity index (χ3v) is 2.58. The quantitative estimate of drug-likeness (QED) is 0.622. The van der Waals surface area contributed by atoms with E-state index in [1.54, 1.807) is 0 Å². The van der Waals surface area contributed by atoms with Gasteiger partial charge in [-0.3, -0.25) is 0 Å². The van der Waals surface area contributed by atoms with Crippen LogP contribution in [0.1, 0.15) is 24.2 Å². The van der Waals surface area contributed by atoms with Gasteiger partial charge in [-0.25, -0.2) is 0 Å². The normalized spacial score (nSPS) is 10.7. The zero-order valence-electron chi connectivity index (χ0n) is 10.4. The van der Waals surface area contributed by atoms with Crippen molar-refractivity contribution in [3.8, 4) is 0 Å². The summed E-state index contributed by atoms with van der Waals surface area (Å²) in [5.41, 5.74) is 7.60. The van der Waals surface area contributed by atoms with Crippen LogP contribution in [-0.2, 0) is 17.6 Å². The number of para-hydroxylation sites is 1.